The van der Waals surface area contributed by atoms with Crippen LogP contribution in [0.3, 0.4) is 0 Å². The topological polar surface area (TPSA) is 49.4 Å². The summed E-state index contributed by atoms with van der Waals surface area (Å²) >= 11 is 0. The Balaban J connectivity index is 2.39. The van der Waals surface area contributed by atoms with Crippen LogP contribution in [0.1, 0.15) is 27.2 Å². The van der Waals surface area contributed by atoms with Gasteiger partial charge in [0.1, 0.15) is 11.6 Å². The van der Waals surface area contributed by atoms with Crippen LogP contribution in [0.5, 0.6) is 0 Å². The van der Waals surface area contributed by atoms with E-state index < -0.39 is 17.6 Å². The molecule has 0 aromatic rings. The molecule has 1 atom stereocenters. The first kappa shape index (κ1) is 9.48. The van der Waals surface area contributed by atoms with Gasteiger partial charge >= 0.3 is 5.97 Å². The van der Waals surface area contributed by atoms with Crippen molar-refractivity contribution in [1.82, 2.24) is 5.06 Å². The van der Waals surface area contributed by atoms with Crippen LogP contribution in [-0.4, -0.2) is 29.2 Å². The quantitative estimate of drug-likeness (QED) is 0.548. The summed E-state index contributed by atoms with van der Waals surface area (Å²) in [6.07, 6.45) is 0.623. The summed E-state index contributed by atoms with van der Waals surface area (Å²) < 4.78 is 5.03. The molecule has 1 radical (unpaired) electrons. The summed E-state index contributed by atoms with van der Waals surface area (Å²) in [7, 11) is 0. The number of ether oxygens (including phenoxy) is 1. The van der Waals surface area contributed by atoms with E-state index in [2.05, 4.69) is 0 Å². The Morgan fingerprint density at radius 3 is 2.33 bits per heavy atom. The number of carbonyl (C=O) groups is 1. The number of hydrogen-bond donors (Lipinski definition) is 0. The lowest BCUT2D eigenvalue weighted by atomic mass is 10.1. The van der Waals surface area contributed by atoms with Crippen LogP contribution in [0.2, 0.25) is 0 Å². The molecule has 1 heterocycles. The van der Waals surface area contributed by atoms with E-state index >= 15 is 0 Å². The lowest BCUT2D eigenvalue weighted by molar-refractivity contribution is -0.244. The van der Waals surface area contributed by atoms with Gasteiger partial charge in [0.2, 0.25) is 0 Å². The van der Waals surface area contributed by atoms with Gasteiger partial charge in [0.05, 0.1) is 0 Å². The number of carbonyl (C=O) groups excluding carboxylic acids is 1. The molecule has 1 rings (SSSR count). The second kappa shape index (κ2) is 3.03. The molecule has 1 fully saturated rings. The zero-order chi connectivity index (χ0) is 9.35. The van der Waals surface area contributed by atoms with Gasteiger partial charge in [-0.05, 0) is 27.2 Å². The molecule has 0 spiro atoms. The fourth-order valence-corrected chi connectivity index (χ4v) is 0.969. The minimum Gasteiger partial charge on any atom is -0.459 e. The van der Waals surface area contributed by atoms with Gasteiger partial charge in [-0.25, -0.2) is 0 Å². The molecular weight excluding hydrogens is 158 g/mol. The van der Waals surface area contributed by atoms with E-state index in [1.807, 2.05) is 0 Å². The summed E-state index contributed by atoms with van der Waals surface area (Å²) in [5.74, 6) is -0.399. The van der Waals surface area contributed by atoms with Crippen molar-refractivity contribution in [2.75, 3.05) is 6.54 Å². The Morgan fingerprint density at radius 2 is 2.08 bits per heavy atom. The smallest absolute Gasteiger partial charge is 0.326 e. The average molecular weight is 172 g/mol. The Labute approximate surface area is 72.1 Å². The van der Waals surface area contributed by atoms with E-state index in [-0.39, 0.29) is 0 Å². The maximum Gasteiger partial charge on any atom is 0.326 e. The van der Waals surface area contributed by atoms with Gasteiger partial charge in [-0.3, -0.25) is 4.79 Å². The normalized spacial score (nSPS) is 24.8. The van der Waals surface area contributed by atoms with E-state index in [1.54, 1.807) is 20.8 Å². The van der Waals surface area contributed by atoms with Crippen molar-refractivity contribution in [2.24, 2.45) is 0 Å². The molecular formula is C8H14NO3. The standard InChI is InChI=1S/C8H14NO3/c1-8(2,3)12-7(10)6-4-5-9(6)11/h6H,4-5H2,1-3H3. The zero-order valence-electron chi connectivity index (χ0n) is 7.66. The third-order valence-electron chi connectivity index (χ3n) is 1.65. The van der Waals surface area contributed by atoms with Gasteiger partial charge in [-0.2, -0.15) is 0 Å². The van der Waals surface area contributed by atoms with Crippen LogP contribution < -0.4 is 0 Å². The van der Waals surface area contributed by atoms with Crippen LogP contribution in [-0.2, 0) is 14.7 Å². The van der Waals surface area contributed by atoms with Crippen LogP contribution in [0.4, 0.5) is 0 Å². The van der Waals surface area contributed by atoms with E-state index in [0.29, 0.717) is 13.0 Å². The van der Waals surface area contributed by atoms with Crippen molar-refractivity contribution in [2.45, 2.75) is 38.8 Å². The van der Waals surface area contributed by atoms with Crippen molar-refractivity contribution in [1.29, 1.82) is 0 Å². The first-order chi connectivity index (χ1) is 5.40. The summed E-state index contributed by atoms with van der Waals surface area (Å²) in [5.41, 5.74) is -0.493. The largest absolute Gasteiger partial charge is 0.459 e. The van der Waals surface area contributed by atoms with Crippen LogP contribution >= 0.6 is 0 Å². The lowest BCUT2D eigenvalue weighted by Gasteiger charge is -2.33. The second-order valence-electron chi connectivity index (χ2n) is 3.98. The fourth-order valence-electron chi connectivity index (χ4n) is 0.969. The summed E-state index contributed by atoms with van der Waals surface area (Å²) in [4.78, 5) is 11.2. The number of nitrogens with zero attached hydrogens (tertiary/aromatic N) is 1. The van der Waals surface area contributed by atoms with Crippen LogP contribution in [0.15, 0.2) is 0 Å². The van der Waals surface area contributed by atoms with Gasteiger partial charge in [-0.15, -0.1) is 10.3 Å². The highest BCUT2D eigenvalue weighted by molar-refractivity contribution is 5.76. The van der Waals surface area contributed by atoms with E-state index in [9.17, 15) is 10.0 Å². The molecule has 1 saturated heterocycles. The average Bonchev–Trinajstić information content (AvgIpc) is 1.79. The summed E-state index contributed by atoms with van der Waals surface area (Å²) in [5, 5.41) is 11.5. The Kier molecular flexibility index (Phi) is 2.39. The highest BCUT2D eigenvalue weighted by Crippen LogP contribution is 2.19. The molecule has 0 aromatic heterocycles. The fraction of sp³-hybridized carbons (Fsp3) is 0.875. The molecule has 0 N–H and O–H groups in total. The summed E-state index contributed by atoms with van der Waals surface area (Å²) in [6.45, 7) is 5.82. The predicted molar refractivity (Wildman–Crippen MR) is 41.6 cm³/mol. The number of hydroxylamine groups is 2. The maximum absolute atomic E-state index is 11.2. The van der Waals surface area contributed by atoms with Gasteiger partial charge in [0, 0.05) is 6.54 Å². The summed E-state index contributed by atoms with van der Waals surface area (Å²) in [6, 6.07) is -0.552. The molecule has 0 aliphatic carbocycles. The van der Waals surface area contributed by atoms with Gasteiger partial charge in [0.25, 0.3) is 0 Å². The van der Waals surface area contributed by atoms with Crippen molar-refractivity contribution >= 4 is 5.97 Å². The molecule has 0 saturated carbocycles. The maximum atomic E-state index is 11.2. The molecule has 1 aliphatic heterocycles. The van der Waals surface area contributed by atoms with Crippen molar-refractivity contribution in [3.05, 3.63) is 0 Å². The van der Waals surface area contributed by atoms with Gasteiger partial charge in [-0.1, -0.05) is 0 Å². The Hall–Kier alpha value is -0.610. The Bertz CT molecular complexity index is 185. The molecule has 0 amide bonds. The molecule has 0 bridgehead atoms. The predicted octanol–water partition coefficient (Wildman–Crippen LogP) is 0.748. The van der Waals surface area contributed by atoms with Crippen LogP contribution in [0, 0.1) is 0 Å². The SMILES string of the molecule is CC(C)(C)OC(=O)C1CCN1[O]. The molecule has 1 unspecified atom stereocenters. The number of rotatable bonds is 1. The monoisotopic (exact) mass is 172 g/mol. The van der Waals surface area contributed by atoms with E-state index in [4.69, 9.17) is 4.74 Å². The van der Waals surface area contributed by atoms with E-state index in [1.165, 1.54) is 0 Å². The third-order valence-corrected chi connectivity index (χ3v) is 1.65. The first-order valence-corrected chi connectivity index (χ1v) is 4.07. The third kappa shape index (κ3) is 2.19. The molecule has 0 aromatic carbocycles. The second-order valence-corrected chi connectivity index (χ2v) is 3.98. The van der Waals surface area contributed by atoms with Crippen molar-refractivity contribution in [3.63, 3.8) is 0 Å². The number of hydrogen-bond acceptors (Lipinski definition) is 3. The van der Waals surface area contributed by atoms with E-state index in [0.717, 1.165) is 5.06 Å². The minimum atomic E-state index is -0.552. The zero-order valence-corrected chi connectivity index (χ0v) is 7.66. The lowest BCUT2D eigenvalue weighted by Crippen LogP contribution is -2.51. The molecule has 1 aliphatic rings. The highest BCUT2D eigenvalue weighted by atomic mass is 16.6. The molecule has 12 heavy (non-hydrogen) atoms. The first-order valence-electron chi connectivity index (χ1n) is 4.07. The minimum absolute atomic E-state index is 0.399. The van der Waals surface area contributed by atoms with Gasteiger partial charge < -0.3 is 4.74 Å². The molecule has 69 valence electrons. The number of esters is 1. The Morgan fingerprint density at radius 1 is 1.50 bits per heavy atom. The van der Waals surface area contributed by atoms with Crippen molar-refractivity contribution in [3.8, 4) is 0 Å². The van der Waals surface area contributed by atoms with Crippen molar-refractivity contribution < 1.29 is 14.7 Å². The molecule has 4 nitrogen and oxygen atoms in total. The van der Waals surface area contributed by atoms with Crippen LogP contribution in [0.25, 0.3) is 0 Å². The molecule has 4 heteroatoms. The van der Waals surface area contributed by atoms with Gasteiger partial charge in [0.15, 0.2) is 0 Å². The highest BCUT2D eigenvalue weighted by Gasteiger charge is 2.37.